The number of carbonyl (C=O) groups is 2. The first-order valence-corrected chi connectivity index (χ1v) is 11.6. The summed E-state index contributed by atoms with van der Waals surface area (Å²) in [5.41, 5.74) is -1.29. The molecule has 1 aliphatic rings. The fourth-order valence-corrected chi connectivity index (χ4v) is 4.71. The summed E-state index contributed by atoms with van der Waals surface area (Å²) in [5.74, 6) is -1.94. The Hall–Kier alpha value is -1.17. The fourth-order valence-electron chi connectivity index (χ4n) is 3.63. The van der Waals surface area contributed by atoms with Crippen LogP contribution in [0.1, 0.15) is 53.9 Å². The van der Waals surface area contributed by atoms with Crippen LogP contribution >= 0.6 is 0 Å². The Balaban J connectivity index is 3.19. The predicted molar refractivity (Wildman–Crippen MR) is 108 cm³/mol. The van der Waals surface area contributed by atoms with E-state index >= 15 is 0 Å². The summed E-state index contributed by atoms with van der Waals surface area (Å²) >= 11 is 0. The Morgan fingerprint density at radius 3 is 2.25 bits per heavy atom. The normalized spacial score (nSPS) is 22.6. The van der Waals surface area contributed by atoms with Gasteiger partial charge in [-0.25, -0.2) is 8.42 Å². The Kier molecular flexibility index (Phi) is 8.49. The van der Waals surface area contributed by atoms with Gasteiger partial charge in [-0.3, -0.25) is 9.59 Å². The van der Waals surface area contributed by atoms with E-state index in [-0.39, 0.29) is 24.8 Å². The summed E-state index contributed by atoms with van der Waals surface area (Å²) in [6, 6.07) is -0.817. The molecule has 2 amide bonds. The molecule has 1 unspecified atom stereocenters. The van der Waals surface area contributed by atoms with Gasteiger partial charge in [-0.05, 0) is 31.1 Å². The number of likely N-dealkylation sites (tertiary alicyclic amines) is 1. The van der Waals surface area contributed by atoms with E-state index in [1.165, 1.54) is 4.90 Å². The number of amides is 2. The van der Waals surface area contributed by atoms with Crippen molar-refractivity contribution in [2.45, 2.75) is 71.4 Å². The molecular formula is C17H34BN3O6S. The Morgan fingerprint density at radius 2 is 1.86 bits per heavy atom. The van der Waals surface area contributed by atoms with Gasteiger partial charge < -0.3 is 20.3 Å². The number of nitrogens with zero attached hydrogens (tertiary/aromatic N) is 1. The molecule has 1 heterocycles. The summed E-state index contributed by atoms with van der Waals surface area (Å²) in [5, 5.41) is 21.4. The van der Waals surface area contributed by atoms with Crippen molar-refractivity contribution < 1.29 is 28.1 Å². The largest absolute Gasteiger partial charge is 0.475 e. The number of sulfonamides is 1. The number of rotatable bonds is 10. The van der Waals surface area contributed by atoms with E-state index < -0.39 is 46.5 Å². The SMILES string of the molecule is CC[C@H](NC(=O)[C@H](CC(C)C)N1CCC(NS(C)(=O)=O)(C(C)C)C1=O)B(O)O. The minimum Gasteiger partial charge on any atom is -0.426 e. The predicted octanol–water partition coefficient (Wildman–Crippen LogP) is -0.516. The van der Waals surface area contributed by atoms with Gasteiger partial charge in [0.2, 0.25) is 21.8 Å². The minimum absolute atomic E-state index is 0.0968. The van der Waals surface area contributed by atoms with Crippen molar-refractivity contribution in [3.63, 3.8) is 0 Å². The average Bonchev–Trinajstić information content (AvgIpc) is 2.85. The van der Waals surface area contributed by atoms with E-state index in [4.69, 9.17) is 0 Å². The van der Waals surface area contributed by atoms with Crippen LogP contribution in [-0.2, 0) is 19.6 Å². The zero-order valence-electron chi connectivity index (χ0n) is 17.6. The molecule has 3 atom stereocenters. The van der Waals surface area contributed by atoms with E-state index in [2.05, 4.69) is 10.0 Å². The monoisotopic (exact) mass is 419 g/mol. The van der Waals surface area contributed by atoms with Crippen LogP contribution in [0.25, 0.3) is 0 Å². The van der Waals surface area contributed by atoms with Crippen LogP contribution in [0.2, 0.25) is 0 Å². The maximum Gasteiger partial charge on any atom is 0.475 e. The van der Waals surface area contributed by atoms with Gasteiger partial charge in [0.25, 0.3) is 0 Å². The van der Waals surface area contributed by atoms with Crippen LogP contribution in [-0.4, -0.2) is 72.6 Å². The van der Waals surface area contributed by atoms with Gasteiger partial charge in [-0.15, -0.1) is 0 Å². The fraction of sp³-hybridized carbons (Fsp3) is 0.882. The second-order valence-electron chi connectivity index (χ2n) is 8.33. The van der Waals surface area contributed by atoms with Gasteiger partial charge in [0.15, 0.2) is 0 Å². The standard InChI is InChI=1S/C17H34BN3O6S/c1-7-14(18(24)25)19-15(22)13(10-11(2)3)21-9-8-17(12(4)5,16(21)23)20-28(6,26)27/h11-14,20,24-25H,7-10H2,1-6H3,(H,19,22)/t13-,14-,17?/m0/s1. The van der Waals surface area contributed by atoms with Crippen molar-refractivity contribution in [2.75, 3.05) is 12.8 Å². The molecular weight excluding hydrogens is 385 g/mol. The van der Waals surface area contributed by atoms with Gasteiger partial charge in [-0.1, -0.05) is 34.6 Å². The number of carbonyl (C=O) groups excluding carboxylic acids is 2. The molecule has 11 heteroatoms. The molecule has 162 valence electrons. The molecule has 0 saturated carbocycles. The van der Waals surface area contributed by atoms with Crippen molar-refractivity contribution in [3.05, 3.63) is 0 Å². The second-order valence-corrected chi connectivity index (χ2v) is 10.1. The third-order valence-corrected chi connectivity index (χ3v) is 5.98. The van der Waals surface area contributed by atoms with Crippen LogP contribution in [0.3, 0.4) is 0 Å². The molecule has 1 saturated heterocycles. The van der Waals surface area contributed by atoms with Crippen LogP contribution in [0.4, 0.5) is 0 Å². The van der Waals surface area contributed by atoms with E-state index in [0.29, 0.717) is 12.8 Å². The molecule has 4 N–H and O–H groups in total. The molecule has 0 radical (unpaired) electrons. The first kappa shape index (κ1) is 24.9. The van der Waals surface area contributed by atoms with Crippen molar-refractivity contribution in [1.29, 1.82) is 0 Å². The molecule has 1 rings (SSSR count). The summed E-state index contributed by atoms with van der Waals surface area (Å²) < 4.78 is 26.2. The summed E-state index contributed by atoms with van der Waals surface area (Å²) in [6.45, 7) is 9.33. The highest BCUT2D eigenvalue weighted by atomic mass is 32.2. The summed E-state index contributed by atoms with van der Waals surface area (Å²) in [4.78, 5) is 27.6. The van der Waals surface area contributed by atoms with Crippen LogP contribution in [0.5, 0.6) is 0 Å². The van der Waals surface area contributed by atoms with Crippen molar-refractivity contribution in [3.8, 4) is 0 Å². The zero-order valence-corrected chi connectivity index (χ0v) is 18.4. The maximum atomic E-state index is 13.3. The minimum atomic E-state index is -3.63. The molecule has 0 aromatic rings. The smallest absolute Gasteiger partial charge is 0.426 e. The lowest BCUT2D eigenvalue weighted by atomic mass is 9.77. The molecule has 9 nitrogen and oxygen atoms in total. The van der Waals surface area contributed by atoms with Crippen LogP contribution in [0, 0.1) is 11.8 Å². The highest BCUT2D eigenvalue weighted by molar-refractivity contribution is 7.88. The number of hydrogen-bond acceptors (Lipinski definition) is 6. The summed E-state index contributed by atoms with van der Waals surface area (Å²) in [6.07, 6.45) is 1.97. The first-order chi connectivity index (χ1) is 12.7. The van der Waals surface area contributed by atoms with E-state index in [1.54, 1.807) is 20.8 Å². The third-order valence-electron chi connectivity index (χ3n) is 5.24. The molecule has 0 aliphatic carbocycles. The summed E-state index contributed by atoms with van der Waals surface area (Å²) in [7, 11) is -5.34. The second kappa shape index (κ2) is 9.56. The average molecular weight is 419 g/mol. The van der Waals surface area contributed by atoms with E-state index in [0.717, 1.165) is 6.26 Å². The first-order valence-electron chi connectivity index (χ1n) is 9.71. The molecule has 0 aromatic heterocycles. The Bertz CT molecular complexity index is 670. The van der Waals surface area contributed by atoms with Crippen molar-refractivity contribution in [2.24, 2.45) is 11.8 Å². The molecule has 1 fully saturated rings. The van der Waals surface area contributed by atoms with E-state index in [9.17, 15) is 28.1 Å². The Morgan fingerprint density at radius 1 is 1.29 bits per heavy atom. The zero-order chi connectivity index (χ0) is 21.9. The lowest BCUT2D eigenvalue weighted by molar-refractivity contribution is -0.142. The number of nitrogens with one attached hydrogen (secondary N) is 2. The maximum absolute atomic E-state index is 13.3. The highest BCUT2D eigenvalue weighted by Crippen LogP contribution is 2.33. The molecule has 0 spiro atoms. The molecule has 0 aromatic carbocycles. The van der Waals surface area contributed by atoms with Crippen molar-refractivity contribution >= 4 is 29.0 Å². The van der Waals surface area contributed by atoms with Gasteiger partial charge in [0.1, 0.15) is 11.6 Å². The van der Waals surface area contributed by atoms with Gasteiger partial charge >= 0.3 is 7.12 Å². The van der Waals surface area contributed by atoms with Gasteiger partial charge in [0, 0.05) is 6.54 Å². The Labute approximate surface area is 168 Å². The topological polar surface area (TPSA) is 136 Å². The molecule has 1 aliphatic heterocycles. The highest BCUT2D eigenvalue weighted by Gasteiger charge is 2.53. The lowest BCUT2D eigenvalue weighted by Gasteiger charge is -2.34. The van der Waals surface area contributed by atoms with Crippen molar-refractivity contribution in [1.82, 2.24) is 14.9 Å². The lowest BCUT2D eigenvalue weighted by Crippen LogP contribution is -2.60. The molecule has 28 heavy (non-hydrogen) atoms. The van der Waals surface area contributed by atoms with Gasteiger partial charge in [0.05, 0.1) is 12.2 Å². The van der Waals surface area contributed by atoms with E-state index in [1.807, 2.05) is 13.8 Å². The van der Waals surface area contributed by atoms with Crippen LogP contribution in [0.15, 0.2) is 0 Å². The quantitative estimate of drug-likeness (QED) is 0.352. The third kappa shape index (κ3) is 5.92. The van der Waals surface area contributed by atoms with Gasteiger partial charge in [-0.2, -0.15) is 4.72 Å². The number of hydrogen-bond donors (Lipinski definition) is 4. The van der Waals surface area contributed by atoms with Crippen LogP contribution < -0.4 is 10.0 Å². The molecule has 0 bridgehead atoms.